The smallest absolute Gasteiger partial charge is 0.191 e. The Balaban J connectivity index is 0. The second-order valence-electron chi connectivity index (χ2n) is 4.68. The molecule has 0 heterocycles. The molecule has 0 atom stereocenters. The number of nitrogens with zero attached hydrogens (tertiary/aromatic N) is 1. The predicted octanol–water partition coefficient (Wildman–Crippen LogP) is 3.25. The van der Waals surface area contributed by atoms with E-state index in [0.29, 0.717) is 5.92 Å². The fourth-order valence-corrected chi connectivity index (χ4v) is 1.43. The van der Waals surface area contributed by atoms with Crippen LogP contribution in [0.1, 0.15) is 47.5 Å². The lowest BCUT2D eigenvalue weighted by atomic mass is 10.0. The molecule has 0 bridgehead atoms. The van der Waals surface area contributed by atoms with Gasteiger partial charge in [-0.05, 0) is 18.8 Å². The maximum Gasteiger partial charge on any atom is 0.191 e. The molecule has 0 aromatic rings. The highest BCUT2D eigenvalue weighted by molar-refractivity contribution is 14.0. The van der Waals surface area contributed by atoms with Gasteiger partial charge in [-0.25, -0.2) is 0 Å². The molecule has 0 aromatic heterocycles. The molecule has 0 rings (SSSR count). The van der Waals surface area contributed by atoms with Crippen molar-refractivity contribution < 1.29 is 0 Å². The maximum absolute atomic E-state index is 4.55. The number of halogens is 1. The van der Waals surface area contributed by atoms with Gasteiger partial charge < -0.3 is 10.6 Å². The lowest BCUT2D eigenvalue weighted by molar-refractivity contribution is 0.481. The zero-order valence-corrected chi connectivity index (χ0v) is 14.4. The SMILES string of the molecule is CCNC(=NCC(C)C)NCC(CC)CC.I. The fraction of sp³-hybridized carbons (Fsp3) is 0.923. The van der Waals surface area contributed by atoms with Gasteiger partial charge in [0.05, 0.1) is 0 Å². The first-order valence-corrected chi connectivity index (χ1v) is 6.66. The summed E-state index contributed by atoms with van der Waals surface area (Å²) in [5.41, 5.74) is 0. The molecular formula is C13H30IN3. The van der Waals surface area contributed by atoms with Gasteiger partial charge in [-0.3, -0.25) is 4.99 Å². The van der Waals surface area contributed by atoms with Crippen molar-refractivity contribution in [2.24, 2.45) is 16.8 Å². The van der Waals surface area contributed by atoms with Crippen LogP contribution in [0.3, 0.4) is 0 Å². The molecule has 0 aliphatic rings. The molecule has 0 aliphatic heterocycles. The molecule has 0 unspecified atom stereocenters. The summed E-state index contributed by atoms with van der Waals surface area (Å²) < 4.78 is 0. The van der Waals surface area contributed by atoms with Crippen molar-refractivity contribution in [1.82, 2.24) is 10.6 Å². The summed E-state index contributed by atoms with van der Waals surface area (Å²) in [6.45, 7) is 13.8. The number of rotatable bonds is 7. The molecule has 0 radical (unpaired) electrons. The molecule has 0 aromatic carbocycles. The molecule has 0 amide bonds. The summed E-state index contributed by atoms with van der Waals surface area (Å²) in [4.78, 5) is 4.55. The lowest BCUT2D eigenvalue weighted by Crippen LogP contribution is -2.40. The minimum Gasteiger partial charge on any atom is -0.357 e. The minimum atomic E-state index is 0. The fourth-order valence-electron chi connectivity index (χ4n) is 1.43. The first-order chi connectivity index (χ1) is 7.63. The molecule has 104 valence electrons. The van der Waals surface area contributed by atoms with Crippen LogP contribution in [-0.4, -0.2) is 25.6 Å². The van der Waals surface area contributed by atoms with Crippen LogP contribution in [0.4, 0.5) is 0 Å². The first-order valence-electron chi connectivity index (χ1n) is 6.66. The summed E-state index contributed by atoms with van der Waals surface area (Å²) in [5.74, 6) is 2.33. The van der Waals surface area contributed by atoms with Gasteiger partial charge in [0.1, 0.15) is 0 Å². The summed E-state index contributed by atoms with van der Waals surface area (Å²) in [6.07, 6.45) is 2.46. The lowest BCUT2D eigenvalue weighted by Gasteiger charge is -2.16. The van der Waals surface area contributed by atoms with Crippen molar-refractivity contribution in [3.8, 4) is 0 Å². The van der Waals surface area contributed by atoms with Crippen LogP contribution in [0.2, 0.25) is 0 Å². The zero-order valence-electron chi connectivity index (χ0n) is 12.0. The molecule has 0 saturated heterocycles. The van der Waals surface area contributed by atoms with Crippen molar-refractivity contribution >= 4 is 29.9 Å². The van der Waals surface area contributed by atoms with E-state index in [4.69, 9.17) is 0 Å². The number of aliphatic imine (C=N–C) groups is 1. The van der Waals surface area contributed by atoms with Crippen LogP contribution in [0.5, 0.6) is 0 Å². The molecule has 0 aliphatic carbocycles. The third-order valence-electron chi connectivity index (χ3n) is 2.67. The van der Waals surface area contributed by atoms with Crippen molar-refractivity contribution in [1.29, 1.82) is 0 Å². The Hall–Kier alpha value is 0. The largest absolute Gasteiger partial charge is 0.357 e. The van der Waals surface area contributed by atoms with Gasteiger partial charge in [0, 0.05) is 19.6 Å². The molecule has 17 heavy (non-hydrogen) atoms. The van der Waals surface area contributed by atoms with Gasteiger partial charge in [0.15, 0.2) is 5.96 Å². The second kappa shape index (κ2) is 12.5. The molecule has 3 nitrogen and oxygen atoms in total. The number of nitrogens with one attached hydrogen (secondary N) is 2. The Kier molecular flexibility index (Phi) is 14.2. The van der Waals surface area contributed by atoms with E-state index in [2.05, 4.69) is 50.2 Å². The highest BCUT2D eigenvalue weighted by Crippen LogP contribution is 2.04. The van der Waals surface area contributed by atoms with E-state index < -0.39 is 0 Å². The number of hydrogen-bond acceptors (Lipinski definition) is 1. The molecular weight excluding hydrogens is 325 g/mol. The van der Waals surface area contributed by atoms with E-state index in [-0.39, 0.29) is 24.0 Å². The van der Waals surface area contributed by atoms with Gasteiger partial charge in [-0.1, -0.05) is 40.5 Å². The Bertz CT molecular complexity index is 189. The van der Waals surface area contributed by atoms with Gasteiger partial charge in [0.25, 0.3) is 0 Å². The Labute approximate surface area is 124 Å². The van der Waals surface area contributed by atoms with Gasteiger partial charge >= 0.3 is 0 Å². The molecule has 0 saturated carbocycles. The Morgan fingerprint density at radius 1 is 1.06 bits per heavy atom. The average Bonchev–Trinajstić information content (AvgIpc) is 2.26. The average molecular weight is 355 g/mol. The van der Waals surface area contributed by atoms with E-state index in [1.54, 1.807) is 0 Å². The highest BCUT2D eigenvalue weighted by atomic mass is 127. The van der Waals surface area contributed by atoms with Crippen molar-refractivity contribution in [2.75, 3.05) is 19.6 Å². The second-order valence-corrected chi connectivity index (χ2v) is 4.68. The maximum atomic E-state index is 4.55. The van der Waals surface area contributed by atoms with Crippen LogP contribution in [0, 0.1) is 11.8 Å². The third-order valence-corrected chi connectivity index (χ3v) is 2.67. The molecule has 0 fully saturated rings. The Morgan fingerprint density at radius 2 is 1.65 bits per heavy atom. The van der Waals surface area contributed by atoms with Crippen molar-refractivity contribution in [2.45, 2.75) is 47.5 Å². The van der Waals surface area contributed by atoms with Crippen LogP contribution in [-0.2, 0) is 0 Å². The van der Waals surface area contributed by atoms with E-state index >= 15 is 0 Å². The summed E-state index contributed by atoms with van der Waals surface area (Å²) in [7, 11) is 0. The zero-order chi connectivity index (χ0) is 12.4. The minimum absolute atomic E-state index is 0. The molecule has 2 N–H and O–H groups in total. The normalized spacial score (nSPS) is 11.6. The predicted molar refractivity (Wildman–Crippen MR) is 88.3 cm³/mol. The van der Waals surface area contributed by atoms with E-state index in [9.17, 15) is 0 Å². The third kappa shape index (κ3) is 10.9. The number of guanidine groups is 1. The standard InChI is InChI=1S/C13H29N3.HI/c1-6-12(7-2)10-16-13(14-8-3)15-9-11(4)5;/h11-12H,6-10H2,1-5H3,(H2,14,15,16);1H. The van der Waals surface area contributed by atoms with Crippen molar-refractivity contribution in [3.63, 3.8) is 0 Å². The summed E-state index contributed by atoms with van der Waals surface area (Å²) >= 11 is 0. The molecule has 0 spiro atoms. The summed E-state index contributed by atoms with van der Waals surface area (Å²) in [6, 6.07) is 0. The van der Waals surface area contributed by atoms with Crippen LogP contribution in [0.25, 0.3) is 0 Å². The van der Waals surface area contributed by atoms with Gasteiger partial charge in [-0.15, -0.1) is 24.0 Å². The van der Waals surface area contributed by atoms with Crippen LogP contribution >= 0.6 is 24.0 Å². The van der Waals surface area contributed by atoms with Crippen LogP contribution in [0.15, 0.2) is 4.99 Å². The molecule has 4 heteroatoms. The van der Waals surface area contributed by atoms with Crippen LogP contribution < -0.4 is 10.6 Å². The van der Waals surface area contributed by atoms with Gasteiger partial charge in [-0.2, -0.15) is 0 Å². The first kappa shape index (κ1) is 19.3. The Morgan fingerprint density at radius 3 is 2.06 bits per heavy atom. The van der Waals surface area contributed by atoms with Crippen molar-refractivity contribution in [3.05, 3.63) is 0 Å². The highest BCUT2D eigenvalue weighted by Gasteiger charge is 2.04. The van der Waals surface area contributed by atoms with Gasteiger partial charge in [0.2, 0.25) is 0 Å². The topological polar surface area (TPSA) is 36.4 Å². The monoisotopic (exact) mass is 355 g/mol. The quantitative estimate of drug-likeness (QED) is 0.418. The van der Waals surface area contributed by atoms with E-state index in [0.717, 1.165) is 31.5 Å². The number of hydrogen-bond donors (Lipinski definition) is 2. The van der Waals surface area contributed by atoms with E-state index in [1.807, 2.05) is 0 Å². The summed E-state index contributed by atoms with van der Waals surface area (Å²) in [5, 5.41) is 6.70. The van der Waals surface area contributed by atoms with E-state index in [1.165, 1.54) is 12.8 Å².